The van der Waals surface area contributed by atoms with Gasteiger partial charge in [-0.1, -0.05) is 13.0 Å². The first-order valence-corrected chi connectivity index (χ1v) is 2.83. The molecule has 0 amide bonds. The van der Waals surface area contributed by atoms with Crippen LogP contribution in [0.4, 0.5) is 0 Å². The van der Waals surface area contributed by atoms with Gasteiger partial charge in [0.1, 0.15) is 0 Å². The predicted molar refractivity (Wildman–Crippen MR) is 33.6 cm³/mol. The Balaban J connectivity index is 0.000000640. The van der Waals surface area contributed by atoms with E-state index >= 15 is 0 Å². The van der Waals surface area contributed by atoms with Crippen LogP contribution in [-0.4, -0.2) is 4.98 Å². The Hall–Kier alpha value is -0.188. The maximum Gasteiger partial charge on any atom is 0.0400 e. The first-order valence-electron chi connectivity index (χ1n) is 2.83. The van der Waals surface area contributed by atoms with Gasteiger partial charge in [0.2, 0.25) is 0 Å². The van der Waals surface area contributed by atoms with E-state index in [2.05, 4.69) is 11.9 Å². The summed E-state index contributed by atoms with van der Waals surface area (Å²) >= 11 is 0. The molecule has 0 saturated heterocycles. The zero-order valence-corrected chi connectivity index (χ0v) is 6.83. The number of hydrogen-bond donors (Lipinski definition) is 0. The molecule has 0 aromatic carbocycles. The fourth-order valence-electron chi connectivity index (χ4n) is 0.607. The standard InChI is InChI=1S/C7H9N.Pd/c1-2-7-5-3-4-6-8-7;/h3-6H,2H2,1H3;. The van der Waals surface area contributed by atoms with E-state index in [1.165, 1.54) is 0 Å². The van der Waals surface area contributed by atoms with Crippen molar-refractivity contribution >= 4 is 0 Å². The van der Waals surface area contributed by atoms with Gasteiger partial charge in [-0.2, -0.15) is 0 Å². The quantitative estimate of drug-likeness (QED) is 0.647. The average molecular weight is 214 g/mol. The van der Waals surface area contributed by atoms with E-state index in [1.54, 1.807) is 0 Å². The maximum atomic E-state index is 4.10. The van der Waals surface area contributed by atoms with Crippen LogP contribution in [0, 0.1) is 0 Å². The van der Waals surface area contributed by atoms with Crippen LogP contribution in [0.15, 0.2) is 24.4 Å². The molecule has 1 rings (SSSR count). The Bertz CT molecular complexity index is 150. The van der Waals surface area contributed by atoms with Crippen molar-refractivity contribution < 1.29 is 20.4 Å². The topological polar surface area (TPSA) is 12.9 Å². The van der Waals surface area contributed by atoms with Crippen LogP contribution in [0.5, 0.6) is 0 Å². The van der Waals surface area contributed by atoms with Crippen molar-refractivity contribution in [3.05, 3.63) is 30.1 Å². The van der Waals surface area contributed by atoms with Gasteiger partial charge in [0.15, 0.2) is 0 Å². The van der Waals surface area contributed by atoms with E-state index in [9.17, 15) is 0 Å². The van der Waals surface area contributed by atoms with Gasteiger partial charge in [0.25, 0.3) is 0 Å². The van der Waals surface area contributed by atoms with Crippen LogP contribution in [0.3, 0.4) is 0 Å². The predicted octanol–water partition coefficient (Wildman–Crippen LogP) is 1.64. The Morgan fingerprint density at radius 1 is 1.44 bits per heavy atom. The number of pyridine rings is 1. The molecule has 0 aliphatic rings. The van der Waals surface area contributed by atoms with E-state index in [-0.39, 0.29) is 20.4 Å². The Labute approximate surface area is 69.2 Å². The Kier molecular flexibility index (Phi) is 4.57. The zero-order valence-electron chi connectivity index (χ0n) is 5.28. The summed E-state index contributed by atoms with van der Waals surface area (Å²) in [5.74, 6) is 0. The molecule has 1 aromatic rings. The van der Waals surface area contributed by atoms with E-state index in [0.29, 0.717) is 0 Å². The minimum absolute atomic E-state index is 0. The largest absolute Gasteiger partial charge is 0.261 e. The summed E-state index contributed by atoms with van der Waals surface area (Å²) in [6.45, 7) is 2.10. The van der Waals surface area contributed by atoms with Gasteiger partial charge in [-0.15, -0.1) is 0 Å². The van der Waals surface area contributed by atoms with Gasteiger partial charge >= 0.3 is 0 Å². The molecule has 1 heterocycles. The van der Waals surface area contributed by atoms with Gasteiger partial charge in [0.05, 0.1) is 0 Å². The molecular weight excluding hydrogens is 205 g/mol. The first kappa shape index (κ1) is 8.81. The van der Waals surface area contributed by atoms with Crippen molar-refractivity contribution in [3.63, 3.8) is 0 Å². The minimum Gasteiger partial charge on any atom is -0.261 e. The zero-order chi connectivity index (χ0) is 5.82. The molecule has 0 bridgehead atoms. The molecule has 9 heavy (non-hydrogen) atoms. The molecule has 2 heteroatoms. The maximum absolute atomic E-state index is 4.10. The van der Waals surface area contributed by atoms with Crippen LogP contribution in [-0.2, 0) is 26.8 Å². The molecule has 0 atom stereocenters. The summed E-state index contributed by atoms with van der Waals surface area (Å²) in [5, 5.41) is 0. The van der Waals surface area contributed by atoms with Crippen LogP contribution < -0.4 is 0 Å². The Morgan fingerprint density at radius 3 is 2.56 bits per heavy atom. The summed E-state index contributed by atoms with van der Waals surface area (Å²) in [6.07, 6.45) is 2.85. The second kappa shape index (κ2) is 4.67. The molecule has 0 aliphatic heterocycles. The second-order valence-electron chi connectivity index (χ2n) is 1.67. The van der Waals surface area contributed by atoms with Crippen molar-refractivity contribution in [2.45, 2.75) is 13.3 Å². The molecule has 0 radical (unpaired) electrons. The Morgan fingerprint density at radius 2 is 2.22 bits per heavy atom. The van der Waals surface area contributed by atoms with Crippen LogP contribution in [0.2, 0.25) is 0 Å². The number of aryl methyl sites for hydroxylation is 1. The molecule has 0 unspecified atom stereocenters. The molecule has 0 fully saturated rings. The van der Waals surface area contributed by atoms with Crippen molar-refractivity contribution in [1.82, 2.24) is 4.98 Å². The smallest absolute Gasteiger partial charge is 0.0400 e. The van der Waals surface area contributed by atoms with Crippen molar-refractivity contribution in [2.75, 3.05) is 0 Å². The number of nitrogens with zero attached hydrogens (tertiary/aromatic N) is 1. The number of aromatic nitrogens is 1. The van der Waals surface area contributed by atoms with E-state index in [1.807, 2.05) is 24.4 Å². The van der Waals surface area contributed by atoms with Gasteiger partial charge in [-0.05, 0) is 18.6 Å². The second-order valence-corrected chi connectivity index (χ2v) is 1.67. The summed E-state index contributed by atoms with van der Waals surface area (Å²) in [7, 11) is 0. The van der Waals surface area contributed by atoms with Crippen LogP contribution >= 0.6 is 0 Å². The summed E-state index contributed by atoms with van der Waals surface area (Å²) in [4.78, 5) is 4.10. The van der Waals surface area contributed by atoms with E-state index in [0.717, 1.165) is 12.1 Å². The molecule has 52 valence electrons. The van der Waals surface area contributed by atoms with Gasteiger partial charge in [-0.3, -0.25) is 4.98 Å². The third-order valence-electron chi connectivity index (χ3n) is 1.09. The summed E-state index contributed by atoms with van der Waals surface area (Å²) in [5.41, 5.74) is 1.16. The van der Waals surface area contributed by atoms with Gasteiger partial charge < -0.3 is 0 Å². The van der Waals surface area contributed by atoms with Gasteiger partial charge in [-0.25, -0.2) is 0 Å². The molecule has 1 aromatic heterocycles. The van der Waals surface area contributed by atoms with Crippen LogP contribution in [0.1, 0.15) is 12.6 Å². The molecule has 0 saturated carbocycles. The van der Waals surface area contributed by atoms with E-state index in [4.69, 9.17) is 0 Å². The fraction of sp³-hybridized carbons (Fsp3) is 0.286. The fourth-order valence-corrected chi connectivity index (χ4v) is 0.607. The van der Waals surface area contributed by atoms with Crippen molar-refractivity contribution in [2.24, 2.45) is 0 Å². The molecule has 1 nitrogen and oxygen atoms in total. The third kappa shape index (κ3) is 2.74. The summed E-state index contributed by atoms with van der Waals surface area (Å²) in [6, 6.07) is 5.96. The van der Waals surface area contributed by atoms with Crippen LogP contribution in [0.25, 0.3) is 0 Å². The molecular formula is C7H9NPd. The third-order valence-corrected chi connectivity index (χ3v) is 1.09. The first-order chi connectivity index (χ1) is 3.93. The monoisotopic (exact) mass is 213 g/mol. The minimum atomic E-state index is 0. The van der Waals surface area contributed by atoms with Crippen molar-refractivity contribution in [1.29, 1.82) is 0 Å². The SMILES string of the molecule is CCc1ccccn1.[Pd]. The summed E-state index contributed by atoms with van der Waals surface area (Å²) < 4.78 is 0. The van der Waals surface area contributed by atoms with Crippen molar-refractivity contribution in [3.8, 4) is 0 Å². The normalized spacial score (nSPS) is 8.11. The molecule has 0 spiro atoms. The molecule has 0 aliphatic carbocycles. The van der Waals surface area contributed by atoms with E-state index < -0.39 is 0 Å². The number of rotatable bonds is 1. The van der Waals surface area contributed by atoms with Gasteiger partial charge in [0, 0.05) is 32.3 Å². The molecule has 0 N–H and O–H groups in total. The average Bonchev–Trinajstić information content (AvgIpc) is 1.90. The number of hydrogen-bond acceptors (Lipinski definition) is 1.